The molecule has 3 amide bonds. The fourth-order valence-corrected chi connectivity index (χ4v) is 4.79. The second-order valence-electron chi connectivity index (χ2n) is 7.85. The number of carbonyl (C=O) groups excluding carboxylic acids is 2. The van der Waals surface area contributed by atoms with Crippen LogP contribution in [0.1, 0.15) is 32.1 Å². The monoisotopic (exact) mass is 404 g/mol. The largest absolute Gasteiger partial charge is 0.418 e. The van der Waals surface area contributed by atoms with Gasteiger partial charge in [-0.1, -0.05) is 0 Å². The van der Waals surface area contributed by atoms with Gasteiger partial charge in [0.2, 0.25) is 0 Å². The number of rotatable bonds is 6. The minimum atomic E-state index is -4.82. The van der Waals surface area contributed by atoms with Crippen molar-refractivity contribution in [1.82, 2.24) is 20.8 Å². The molecule has 152 valence electrons. The molecular weight excluding hydrogens is 380 g/mol. The van der Waals surface area contributed by atoms with Gasteiger partial charge in [-0.25, -0.2) is 10.3 Å². The highest BCUT2D eigenvalue weighted by atomic mass is 32.3. The molecule has 12 heteroatoms. The second-order valence-corrected chi connectivity index (χ2v) is 8.86. The molecular formula is C15H24N4O7S. The van der Waals surface area contributed by atoms with E-state index in [2.05, 4.69) is 15.1 Å². The lowest BCUT2D eigenvalue weighted by molar-refractivity contribution is -0.141. The zero-order chi connectivity index (χ0) is 19.2. The van der Waals surface area contributed by atoms with E-state index in [0.717, 1.165) is 38.8 Å². The molecule has 1 aliphatic carbocycles. The molecule has 11 nitrogen and oxygen atoms in total. The lowest BCUT2D eigenvalue weighted by Gasteiger charge is -2.35. The Morgan fingerprint density at radius 2 is 2.19 bits per heavy atom. The smallest absolute Gasteiger partial charge is 0.316 e. The summed E-state index contributed by atoms with van der Waals surface area (Å²) in [5.41, 5.74) is 2.09. The summed E-state index contributed by atoms with van der Waals surface area (Å²) in [6, 6.07) is -1.99. The first-order valence-electron chi connectivity index (χ1n) is 9.18. The fraction of sp³-hybridized carbons (Fsp3) is 0.867. The maximum atomic E-state index is 12.6. The van der Waals surface area contributed by atoms with Crippen molar-refractivity contribution >= 4 is 22.3 Å². The number of amides is 3. The van der Waals surface area contributed by atoms with Gasteiger partial charge in [0.15, 0.2) is 0 Å². The minimum Gasteiger partial charge on any atom is -0.316 e. The van der Waals surface area contributed by atoms with Crippen LogP contribution in [0.15, 0.2) is 0 Å². The lowest BCUT2D eigenvalue weighted by Crippen LogP contribution is -2.53. The zero-order valence-corrected chi connectivity index (χ0v) is 15.6. The first-order valence-corrected chi connectivity index (χ1v) is 10.5. The van der Waals surface area contributed by atoms with E-state index in [9.17, 15) is 18.0 Å². The summed E-state index contributed by atoms with van der Waals surface area (Å²) in [7, 11) is -4.82. The van der Waals surface area contributed by atoms with Crippen LogP contribution in [0.4, 0.5) is 4.79 Å². The van der Waals surface area contributed by atoms with Crippen LogP contribution >= 0.6 is 0 Å². The number of nitrogens with one attached hydrogen (secondary N) is 2. The quantitative estimate of drug-likeness (QED) is 0.395. The third-order valence-electron chi connectivity index (χ3n) is 6.03. The Morgan fingerprint density at radius 1 is 1.41 bits per heavy atom. The lowest BCUT2D eigenvalue weighted by atomic mass is 9.85. The van der Waals surface area contributed by atoms with Gasteiger partial charge < -0.3 is 10.2 Å². The molecule has 4 rings (SSSR count). The van der Waals surface area contributed by atoms with E-state index in [1.54, 1.807) is 0 Å². The number of hydrogen-bond donors (Lipinski definition) is 3. The summed E-state index contributed by atoms with van der Waals surface area (Å²) < 4.78 is 35.6. The molecule has 3 N–H and O–H groups in total. The van der Waals surface area contributed by atoms with Crippen LogP contribution in [0.25, 0.3) is 0 Å². The van der Waals surface area contributed by atoms with Crippen LogP contribution in [0.5, 0.6) is 0 Å². The molecule has 3 unspecified atom stereocenters. The first kappa shape index (κ1) is 18.9. The Morgan fingerprint density at radius 3 is 2.81 bits per heavy atom. The van der Waals surface area contributed by atoms with Crippen molar-refractivity contribution in [2.75, 3.05) is 26.2 Å². The molecule has 1 spiro atoms. The highest BCUT2D eigenvalue weighted by Gasteiger charge is 2.65. The highest BCUT2D eigenvalue weighted by molar-refractivity contribution is 7.80. The van der Waals surface area contributed by atoms with Crippen LogP contribution in [0, 0.1) is 11.3 Å². The molecule has 3 heterocycles. The van der Waals surface area contributed by atoms with Crippen LogP contribution in [-0.4, -0.2) is 73.2 Å². The third-order valence-corrected chi connectivity index (χ3v) is 6.38. The molecule has 1 saturated carbocycles. The van der Waals surface area contributed by atoms with Crippen molar-refractivity contribution in [3.8, 4) is 0 Å². The van der Waals surface area contributed by atoms with Crippen LogP contribution < -0.4 is 10.8 Å². The molecule has 3 atom stereocenters. The van der Waals surface area contributed by atoms with Crippen molar-refractivity contribution in [2.24, 2.45) is 11.3 Å². The van der Waals surface area contributed by atoms with E-state index in [-0.39, 0.29) is 12.0 Å². The van der Waals surface area contributed by atoms with E-state index in [1.807, 2.05) is 0 Å². The number of carbonyl (C=O) groups is 2. The molecule has 0 aromatic carbocycles. The topological polar surface area (TPSA) is 138 Å². The van der Waals surface area contributed by atoms with Crippen LogP contribution in [0.2, 0.25) is 0 Å². The van der Waals surface area contributed by atoms with Crippen LogP contribution in [0.3, 0.4) is 0 Å². The number of fused-ring (bicyclic) bond motifs is 3. The van der Waals surface area contributed by atoms with Gasteiger partial charge in [-0.05, 0) is 50.0 Å². The van der Waals surface area contributed by atoms with Gasteiger partial charge in [0.25, 0.3) is 5.91 Å². The fourth-order valence-electron chi connectivity index (χ4n) is 4.42. The first-order chi connectivity index (χ1) is 12.8. The van der Waals surface area contributed by atoms with Crippen molar-refractivity contribution in [2.45, 2.75) is 44.2 Å². The maximum Gasteiger partial charge on any atom is 0.418 e. The molecule has 4 fully saturated rings. The summed E-state index contributed by atoms with van der Waals surface area (Å²) in [6.45, 7) is 2.41. The summed E-state index contributed by atoms with van der Waals surface area (Å²) in [6.07, 6.45) is 4.05. The summed E-state index contributed by atoms with van der Waals surface area (Å²) in [4.78, 5) is 31.8. The van der Waals surface area contributed by atoms with E-state index < -0.39 is 34.4 Å². The predicted molar refractivity (Wildman–Crippen MR) is 90.1 cm³/mol. The average Bonchev–Trinajstić information content (AvgIpc) is 3.33. The number of urea groups is 1. The van der Waals surface area contributed by atoms with E-state index in [0.29, 0.717) is 24.0 Å². The van der Waals surface area contributed by atoms with Crippen molar-refractivity contribution < 1.29 is 31.7 Å². The molecule has 3 aliphatic heterocycles. The molecule has 0 aromatic rings. The summed E-state index contributed by atoms with van der Waals surface area (Å²) in [5, 5.41) is 3.97. The summed E-state index contributed by atoms with van der Waals surface area (Å²) in [5.74, 6) is -0.0952. The van der Waals surface area contributed by atoms with E-state index in [4.69, 9.17) is 9.39 Å². The number of hydrogen-bond acceptors (Lipinski definition) is 7. The van der Waals surface area contributed by atoms with Crippen molar-refractivity contribution in [3.63, 3.8) is 0 Å². The third kappa shape index (κ3) is 3.76. The molecule has 3 saturated heterocycles. The maximum absolute atomic E-state index is 12.6. The number of hydroxylamine groups is 3. The molecule has 0 aromatic heterocycles. The SMILES string of the molecule is O=C(NOCC1CCCNC1)C1CC2(CC2)C2CN1C(=O)N2OS(=O)(=O)O. The zero-order valence-electron chi connectivity index (χ0n) is 14.8. The van der Waals surface area contributed by atoms with Gasteiger partial charge >= 0.3 is 16.4 Å². The highest BCUT2D eigenvalue weighted by Crippen LogP contribution is 2.59. The Kier molecular flexibility index (Phi) is 4.79. The average molecular weight is 404 g/mol. The standard InChI is InChI=1S/C15H24N4O7S/c20-13(17-25-9-10-2-1-5-16-7-10)11-6-15(3-4-15)12-8-18(11)14(21)19(12)26-27(22,23)24/h10-12,16H,1-9H2,(H,17,20)(H,22,23,24). The Balaban J connectivity index is 1.39. The predicted octanol–water partition coefficient (Wildman–Crippen LogP) is -0.573. The Hall–Kier alpha value is -1.47. The van der Waals surface area contributed by atoms with E-state index >= 15 is 0 Å². The summed E-state index contributed by atoms with van der Waals surface area (Å²) >= 11 is 0. The van der Waals surface area contributed by atoms with Crippen molar-refractivity contribution in [1.29, 1.82) is 0 Å². The van der Waals surface area contributed by atoms with Gasteiger partial charge in [0.1, 0.15) is 6.04 Å². The van der Waals surface area contributed by atoms with Gasteiger partial charge in [0.05, 0.1) is 12.6 Å². The Bertz CT molecular complexity index is 720. The van der Waals surface area contributed by atoms with Crippen molar-refractivity contribution in [3.05, 3.63) is 0 Å². The van der Waals surface area contributed by atoms with Gasteiger partial charge in [0, 0.05) is 13.1 Å². The van der Waals surface area contributed by atoms with Gasteiger partial charge in [-0.15, -0.1) is 4.28 Å². The van der Waals surface area contributed by atoms with E-state index in [1.165, 1.54) is 4.90 Å². The van der Waals surface area contributed by atoms with Crippen LogP contribution in [-0.2, 0) is 24.3 Å². The molecule has 4 aliphatic rings. The van der Waals surface area contributed by atoms with Gasteiger partial charge in [-0.3, -0.25) is 14.2 Å². The second kappa shape index (κ2) is 6.85. The van der Waals surface area contributed by atoms with Gasteiger partial charge in [-0.2, -0.15) is 13.5 Å². The number of piperidine rings is 2. The normalized spacial score (nSPS) is 32.0. The number of nitrogens with zero attached hydrogens (tertiary/aromatic N) is 2. The Labute approximate surface area is 157 Å². The molecule has 2 bridgehead atoms. The molecule has 27 heavy (non-hydrogen) atoms. The minimum absolute atomic E-state index is 0.180. The molecule has 0 radical (unpaired) electrons.